The highest BCUT2D eigenvalue weighted by Gasteiger charge is 2.17. The first kappa shape index (κ1) is 8.99. The lowest BCUT2D eigenvalue weighted by Crippen LogP contribution is -2.00. The van der Waals surface area contributed by atoms with Gasteiger partial charge in [0, 0.05) is 0 Å². The highest BCUT2D eigenvalue weighted by Crippen LogP contribution is 2.29. The van der Waals surface area contributed by atoms with Crippen LogP contribution in [0.3, 0.4) is 0 Å². The first-order chi connectivity index (χ1) is 5.54. The maximum atomic E-state index is 12.7. The second-order valence-electron chi connectivity index (χ2n) is 2.06. The quantitative estimate of drug-likeness (QED) is 0.782. The fourth-order valence-corrected chi connectivity index (χ4v) is 1.07. The number of hydrogen-bond acceptors (Lipinski definition) is 2. The number of phenols is 1. The molecule has 0 aliphatic heterocycles. The van der Waals surface area contributed by atoms with Gasteiger partial charge in [-0.2, -0.15) is 0 Å². The maximum Gasteiger partial charge on any atom is 0.342 e. The Morgan fingerprint density at radius 1 is 1.50 bits per heavy atom. The molecule has 0 atom stereocenters. The van der Waals surface area contributed by atoms with E-state index in [9.17, 15) is 9.18 Å². The fourth-order valence-electron chi connectivity index (χ4n) is 0.745. The van der Waals surface area contributed by atoms with E-state index in [1.165, 1.54) is 6.07 Å². The predicted octanol–water partition coefficient (Wildman–Crippen LogP) is 1.99. The first-order valence-corrected chi connectivity index (χ1v) is 3.73. The summed E-state index contributed by atoms with van der Waals surface area (Å²) in [5, 5.41) is 17.5. The standard InChI is InChI=1S/C7H4BrFO3/c8-3-1-2-4(9)5(6(3)10)7(11)12/h1-2,10H,(H,11,12). The molecular weight excluding hydrogens is 231 g/mol. The molecule has 5 heteroatoms. The van der Waals surface area contributed by atoms with Crippen molar-refractivity contribution in [3.05, 3.63) is 28.0 Å². The van der Waals surface area contributed by atoms with Crippen LogP contribution in [-0.2, 0) is 0 Å². The van der Waals surface area contributed by atoms with Gasteiger partial charge < -0.3 is 10.2 Å². The Balaban J connectivity index is 3.43. The second-order valence-corrected chi connectivity index (χ2v) is 2.91. The Bertz CT molecular complexity index is 338. The topological polar surface area (TPSA) is 57.5 Å². The minimum Gasteiger partial charge on any atom is -0.506 e. The molecule has 2 N–H and O–H groups in total. The van der Waals surface area contributed by atoms with Crippen LogP contribution in [0.4, 0.5) is 4.39 Å². The number of aromatic carboxylic acids is 1. The van der Waals surface area contributed by atoms with Gasteiger partial charge in [0.2, 0.25) is 0 Å². The van der Waals surface area contributed by atoms with Crippen molar-refractivity contribution in [1.82, 2.24) is 0 Å². The molecule has 0 unspecified atom stereocenters. The van der Waals surface area contributed by atoms with Gasteiger partial charge >= 0.3 is 5.97 Å². The van der Waals surface area contributed by atoms with E-state index in [4.69, 9.17) is 10.2 Å². The molecule has 1 rings (SSSR count). The van der Waals surface area contributed by atoms with Crippen molar-refractivity contribution in [2.45, 2.75) is 0 Å². The van der Waals surface area contributed by atoms with E-state index in [1.54, 1.807) is 0 Å². The zero-order chi connectivity index (χ0) is 9.30. The summed E-state index contributed by atoms with van der Waals surface area (Å²) in [6.07, 6.45) is 0. The molecular formula is C7H4BrFO3. The number of benzene rings is 1. The molecule has 0 fully saturated rings. The lowest BCUT2D eigenvalue weighted by Gasteiger charge is -2.01. The predicted molar refractivity (Wildman–Crippen MR) is 42.7 cm³/mol. The largest absolute Gasteiger partial charge is 0.506 e. The zero-order valence-electron chi connectivity index (χ0n) is 5.71. The Labute approximate surface area is 75.6 Å². The molecule has 0 saturated heterocycles. The first-order valence-electron chi connectivity index (χ1n) is 2.94. The third-order valence-electron chi connectivity index (χ3n) is 1.29. The van der Waals surface area contributed by atoms with Gasteiger partial charge in [0.1, 0.15) is 17.1 Å². The molecule has 0 heterocycles. The summed E-state index contributed by atoms with van der Waals surface area (Å²) in [6, 6.07) is 2.20. The Morgan fingerprint density at radius 3 is 2.50 bits per heavy atom. The average Bonchev–Trinajstić information content (AvgIpc) is 1.97. The number of rotatable bonds is 1. The van der Waals surface area contributed by atoms with Crippen molar-refractivity contribution >= 4 is 21.9 Å². The van der Waals surface area contributed by atoms with Gasteiger partial charge in [-0.15, -0.1) is 0 Å². The minimum absolute atomic E-state index is 0.154. The molecule has 0 radical (unpaired) electrons. The lowest BCUT2D eigenvalue weighted by atomic mass is 10.2. The summed E-state index contributed by atoms with van der Waals surface area (Å²) in [5.74, 6) is -3.04. The summed E-state index contributed by atoms with van der Waals surface area (Å²) < 4.78 is 12.9. The van der Waals surface area contributed by atoms with E-state index in [2.05, 4.69) is 15.9 Å². The molecule has 0 aromatic heterocycles. The highest BCUT2D eigenvalue weighted by atomic mass is 79.9. The summed E-state index contributed by atoms with van der Waals surface area (Å²) in [7, 11) is 0. The fraction of sp³-hybridized carbons (Fsp3) is 0. The maximum absolute atomic E-state index is 12.7. The van der Waals surface area contributed by atoms with Crippen LogP contribution >= 0.6 is 15.9 Å². The Hall–Kier alpha value is -1.10. The summed E-state index contributed by atoms with van der Waals surface area (Å²) in [5.41, 5.74) is -0.718. The second kappa shape index (κ2) is 3.10. The smallest absolute Gasteiger partial charge is 0.342 e. The van der Waals surface area contributed by atoms with Crippen LogP contribution in [-0.4, -0.2) is 16.2 Å². The molecule has 64 valence electrons. The molecule has 0 spiro atoms. The molecule has 1 aromatic rings. The van der Waals surface area contributed by atoms with Crippen LogP contribution < -0.4 is 0 Å². The average molecular weight is 235 g/mol. The molecule has 0 aliphatic rings. The van der Waals surface area contributed by atoms with Crippen molar-refractivity contribution in [3.8, 4) is 5.75 Å². The number of halogens is 2. The summed E-state index contributed by atoms with van der Waals surface area (Å²) >= 11 is 2.87. The zero-order valence-corrected chi connectivity index (χ0v) is 7.30. The number of carbonyl (C=O) groups is 1. The summed E-state index contributed by atoms with van der Waals surface area (Å²) in [6.45, 7) is 0. The Morgan fingerprint density at radius 2 is 2.08 bits per heavy atom. The number of hydrogen-bond donors (Lipinski definition) is 2. The molecule has 0 aliphatic carbocycles. The van der Waals surface area contributed by atoms with Crippen molar-refractivity contribution in [1.29, 1.82) is 0 Å². The van der Waals surface area contributed by atoms with Crippen LogP contribution in [0.1, 0.15) is 10.4 Å². The molecule has 1 aromatic carbocycles. The van der Waals surface area contributed by atoms with Crippen molar-refractivity contribution < 1.29 is 19.4 Å². The summed E-state index contributed by atoms with van der Waals surface area (Å²) in [4.78, 5) is 10.4. The third-order valence-corrected chi connectivity index (χ3v) is 1.93. The van der Waals surface area contributed by atoms with Gasteiger partial charge in [-0.05, 0) is 28.1 Å². The monoisotopic (exact) mass is 234 g/mol. The van der Waals surface area contributed by atoms with Crippen LogP contribution in [0.15, 0.2) is 16.6 Å². The van der Waals surface area contributed by atoms with Crippen LogP contribution in [0.25, 0.3) is 0 Å². The van der Waals surface area contributed by atoms with E-state index in [-0.39, 0.29) is 4.47 Å². The lowest BCUT2D eigenvalue weighted by molar-refractivity contribution is 0.0688. The highest BCUT2D eigenvalue weighted by molar-refractivity contribution is 9.10. The normalized spacial score (nSPS) is 9.83. The van der Waals surface area contributed by atoms with E-state index < -0.39 is 23.1 Å². The van der Waals surface area contributed by atoms with E-state index in [0.717, 1.165) is 6.07 Å². The number of carboxylic acids is 1. The number of aromatic hydroxyl groups is 1. The Kier molecular flexibility index (Phi) is 2.32. The number of carboxylic acid groups (broad SMARTS) is 1. The van der Waals surface area contributed by atoms with Gasteiger partial charge in [0.15, 0.2) is 0 Å². The third kappa shape index (κ3) is 1.40. The molecule has 0 saturated carbocycles. The van der Waals surface area contributed by atoms with Gasteiger partial charge in [-0.25, -0.2) is 9.18 Å². The van der Waals surface area contributed by atoms with Crippen molar-refractivity contribution in [2.24, 2.45) is 0 Å². The van der Waals surface area contributed by atoms with Crippen LogP contribution in [0.2, 0.25) is 0 Å². The van der Waals surface area contributed by atoms with Crippen LogP contribution in [0, 0.1) is 5.82 Å². The van der Waals surface area contributed by atoms with E-state index in [1.807, 2.05) is 0 Å². The minimum atomic E-state index is -1.49. The van der Waals surface area contributed by atoms with Gasteiger partial charge in [-0.1, -0.05) is 0 Å². The van der Waals surface area contributed by atoms with Crippen LogP contribution in [0.5, 0.6) is 5.75 Å². The van der Waals surface area contributed by atoms with E-state index >= 15 is 0 Å². The molecule has 12 heavy (non-hydrogen) atoms. The van der Waals surface area contributed by atoms with Gasteiger partial charge in [0.05, 0.1) is 4.47 Å². The van der Waals surface area contributed by atoms with Gasteiger partial charge in [0.25, 0.3) is 0 Å². The van der Waals surface area contributed by atoms with Crippen molar-refractivity contribution in [3.63, 3.8) is 0 Å². The van der Waals surface area contributed by atoms with Gasteiger partial charge in [-0.3, -0.25) is 0 Å². The molecule has 0 bridgehead atoms. The SMILES string of the molecule is O=C(O)c1c(F)ccc(Br)c1O. The van der Waals surface area contributed by atoms with E-state index in [0.29, 0.717) is 0 Å². The molecule has 0 amide bonds. The van der Waals surface area contributed by atoms with Crippen molar-refractivity contribution in [2.75, 3.05) is 0 Å². The molecule has 3 nitrogen and oxygen atoms in total.